The maximum Gasteiger partial charge on any atom is 0.187 e. The third-order valence-electron chi connectivity index (χ3n) is 1.31. The van der Waals surface area contributed by atoms with Crippen LogP contribution in [0.2, 0.25) is 0 Å². The van der Waals surface area contributed by atoms with Gasteiger partial charge in [-0.15, -0.1) is 11.3 Å². The van der Waals surface area contributed by atoms with Crippen LogP contribution in [-0.4, -0.2) is 26.2 Å². The zero-order chi connectivity index (χ0) is 10.9. The first-order valence-electron chi connectivity index (χ1n) is 3.45. The Morgan fingerprint density at radius 1 is 1.50 bits per heavy atom. The SMILES string of the molecule is CS(=O)(=O)CC(=O)c1cc(Br)c(Br)s1. The minimum atomic E-state index is -3.25. The highest BCUT2D eigenvalue weighted by Gasteiger charge is 2.16. The standard InChI is InChI=1S/C7H6Br2O3S2/c1-14(11,12)3-5(10)6-2-4(8)7(9)13-6/h2H,3H2,1H3. The monoisotopic (exact) mass is 360 g/mol. The highest BCUT2D eigenvalue weighted by molar-refractivity contribution is 9.13. The van der Waals surface area contributed by atoms with Crippen molar-refractivity contribution in [1.29, 1.82) is 0 Å². The van der Waals surface area contributed by atoms with Crippen molar-refractivity contribution < 1.29 is 13.2 Å². The molecule has 0 saturated carbocycles. The van der Waals surface area contributed by atoms with Gasteiger partial charge in [0, 0.05) is 10.7 Å². The van der Waals surface area contributed by atoms with Gasteiger partial charge in [-0.2, -0.15) is 0 Å². The van der Waals surface area contributed by atoms with Crippen LogP contribution in [0.5, 0.6) is 0 Å². The van der Waals surface area contributed by atoms with Gasteiger partial charge in [0.2, 0.25) is 0 Å². The molecule has 1 aromatic rings. The number of halogens is 2. The summed E-state index contributed by atoms with van der Waals surface area (Å²) in [6, 6.07) is 1.61. The van der Waals surface area contributed by atoms with Gasteiger partial charge >= 0.3 is 0 Å². The molecule has 0 unspecified atom stereocenters. The Morgan fingerprint density at radius 2 is 2.07 bits per heavy atom. The molecule has 14 heavy (non-hydrogen) atoms. The van der Waals surface area contributed by atoms with E-state index in [0.717, 1.165) is 14.5 Å². The van der Waals surface area contributed by atoms with Crippen molar-refractivity contribution in [3.63, 3.8) is 0 Å². The number of ketones is 1. The van der Waals surface area contributed by atoms with Crippen LogP contribution in [0.15, 0.2) is 14.3 Å². The Morgan fingerprint density at radius 3 is 2.43 bits per heavy atom. The smallest absolute Gasteiger partial charge is 0.187 e. The predicted octanol–water partition coefficient (Wildman–Crippen LogP) is 2.50. The maximum atomic E-state index is 11.4. The van der Waals surface area contributed by atoms with E-state index < -0.39 is 15.6 Å². The quantitative estimate of drug-likeness (QED) is 0.777. The summed E-state index contributed by atoms with van der Waals surface area (Å²) < 4.78 is 23.3. The molecule has 1 rings (SSSR count). The number of Topliss-reactive ketones (excluding diaryl/α,β-unsaturated/α-hetero) is 1. The third-order valence-corrected chi connectivity index (χ3v) is 5.40. The van der Waals surface area contributed by atoms with Crippen molar-refractivity contribution in [3.8, 4) is 0 Å². The van der Waals surface area contributed by atoms with Crippen molar-refractivity contribution >= 4 is 58.8 Å². The van der Waals surface area contributed by atoms with E-state index in [1.807, 2.05) is 0 Å². The molecule has 0 aliphatic rings. The first-order chi connectivity index (χ1) is 6.29. The Bertz CT molecular complexity index is 442. The molecule has 78 valence electrons. The molecule has 0 radical (unpaired) electrons. The van der Waals surface area contributed by atoms with Crippen molar-refractivity contribution in [2.45, 2.75) is 0 Å². The van der Waals surface area contributed by atoms with E-state index in [0.29, 0.717) is 4.88 Å². The average Bonchev–Trinajstić information content (AvgIpc) is 2.28. The summed E-state index contributed by atoms with van der Waals surface area (Å²) in [5.74, 6) is -0.809. The van der Waals surface area contributed by atoms with Gasteiger partial charge in [-0.05, 0) is 37.9 Å². The van der Waals surface area contributed by atoms with Gasteiger partial charge in [-0.3, -0.25) is 4.79 Å². The van der Waals surface area contributed by atoms with Crippen LogP contribution in [-0.2, 0) is 9.84 Å². The molecule has 3 nitrogen and oxygen atoms in total. The summed E-state index contributed by atoms with van der Waals surface area (Å²) in [5, 5.41) is 0. The van der Waals surface area contributed by atoms with E-state index in [1.165, 1.54) is 11.3 Å². The summed E-state index contributed by atoms with van der Waals surface area (Å²) in [4.78, 5) is 11.9. The molecular weight excluding hydrogens is 356 g/mol. The fourth-order valence-corrected chi connectivity index (χ4v) is 3.49. The van der Waals surface area contributed by atoms with E-state index in [4.69, 9.17) is 0 Å². The molecule has 7 heteroatoms. The van der Waals surface area contributed by atoms with Crippen molar-refractivity contribution in [3.05, 3.63) is 19.2 Å². The fourth-order valence-electron chi connectivity index (χ4n) is 0.793. The molecular formula is C7H6Br2O3S2. The minimum Gasteiger partial charge on any atom is -0.292 e. The number of rotatable bonds is 3. The molecule has 0 aliphatic heterocycles. The topological polar surface area (TPSA) is 51.2 Å². The van der Waals surface area contributed by atoms with Gasteiger partial charge in [-0.1, -0.05) is 0 Å². The second-order valence-electron chi connectivity index (χ2n) is 2.73. The van der Waals surface area contributed by atoms with Crippen molar-refractivity contribution in [2.75, 3.05) is 12.0 Å². The summed E-state index contributed by atoms with van der Waals surface area (Å²) in [7, 11) is -3.25. The maximum absolute atomic E-state index is 11.4. The zero-order valence-electron chi connectivity index (χ0n) is 7.08. The van der Waals surface area contributed by atoms with Crippen molar-refractivity contribution in [1.82, 2.24) is 0 Å². The molecule has 0 spiro atoms. The van der Waals surface area contributed by atoms with Gasteiger partial charge in [-0.25, -0.2) is 8.42 Å². The molecule has 0 aliphatic carbocycles. The molecule has 0 saturated heterocycles. The second-order valence-corrected chi connectivity index (χ2v) is 8.09. The van der Waals surface area contributed by atoms with E-state index in [9.17, 15) is 13.2 Å². The zero-order valence-corrected chi connectivity index (χ0v) is 11.9. The van der Waals surface area contributed by atoms with Crippen LogP contribution in [0.1, 0.15) is 9.67 Å². The highest BCUT2D eigenvalue weighted by atomic mass is 79.9. The van der Waals surface area contributed by atoms with Gasteiger partial charge in [0.25, 0.3) is 0 Å². The Labute approximate surface area is 103 Å². The minimum absolute atomic E-state index is 0.371. The van der Waals surface area contributed by atoms with Gasteiger partial charge in [0.05, 0.1) is 8.66 Å². The van der Waals surface area contributed by atoms with Crippen LogP contribution in [0.4, 0.5) is 0 Å². The lowest BCUT2D eigenvalue weighted by Gasteiger charge is -1.93. The summed E-state index contributed by atoms with van der Waals surface area (Å²) >= 11 is 7.68. The number of carbonyl (C=O) groups is 1. The Balaban J connectivity index is 2.91. The number of carbonyl (C=O) groups excluding carboxylic acids is 1. The van der Waals surface area contributed by atoms with Crippen LogP contribution in [0.3, 0.4) is 0 Å². The van der Waals surface area contributed by atoms with E-state index in [1.54, 1.807) is 6.07 Å². The van der Waals surface area contributed by atoms with E-state index in [2.05, 4.69) is 31.9 Å². The van der Waals surface area contributed by atoms with Crippen LogP contribution >= 0.6 is 43.2 Å². The summed E-state index contributed by atoms with van der Waals surface area (Å²) in [6.07, 6.45) is 1.04. The molecule has 0 bridgehead atoms. The Hall–Kier alpha value is 0.280. The van der Waals surface area contributed by atoms with Crippen molar-refractivity contribution in [2.24, 2.45) is 0 Å². The lowest BCUT2D eigenvalue weighted by molar-refractivity contribution is 0.102. The van der Waals surface area contributed by atoms with E-state index in [-0.39, 0.29) is 5.78 Å². The van der Waals surface area contributed by atoms with Gasteiger partial charge in [0.1, 0.15) is 5.75 Å². The first-order valence-corrected chi connectivity index (χ1v) is 7.91. The van der Waals surface area contributed by atoms with Gasteiger partial charge in [0.15, 0.2) is 15.6 Å². The van der Waals surface area contributed by atoms with Crippen LogP contribution in [0, 0.1) is 0 Å². The lowest BCUT2D eigenvalue weighted by Crippen LogP contribution is -2.13. The molecule has 1 aromatic heterocycles. The number of hydrogen-bond donors (Lipinski definition) is 0. The van der Waals surface area contributed by atoms with Crippen LogP contribution < -0.4 is 0 Å². The van der Waals surface area contributed by atoms with E-state index >= 15 is 0 Å². The number of thiophene rings is 1. The van der Waals surface area contributed by atoms with Gasteiger partial charge < -0.3 is 0 Å². The lowest BCUT2D eigenvalue weighted by atomic mass is 10.4. The third kappa shape index (κ3) is 3.45. The predicted molar refractivity (Wildman–Crippen MR) is 63.8 cm³/mol. The second kappa shape index (κ2) is 4.42. The molecule has 0 N–H and O–H groups in total. The molecule has 0 fully saturated rings. The Kier molecular flexibility index (Phi) is 3.90. The van der Waals surface area contributed by atoms with Crippen LogP contribution in [0.25, 0.3) is 0 Å². The average molecular weight is 362 g/mol. The molecule has 0 aromatic carbocycles. The summed E-state index contributed by atoms with van der Waals surface area (Å²) in [6.45, 7) is 0. The highest BCUT2D eigenvalue weighted by Crippen LogP contribution is 2.32. The first kappa shape index (κ1) is 12.4. The number of hydrogen-bond acceptors (Lipinski definition) is 4. The fraction of sp³-hybridized carbons (Fsp3) is 0.286. The summed E-state index contributed by atoms with van der Waals surface area (Å²) in [5.41, 5.74) is 0. The molecule has 0 atom stereocenters. The molecule has 1 heterocycles. The normalized spacial score (nSPS) is 11.6. The largest absolute Gasteiger partial charge is 0.292 e. The number of sulfone groups is 1. The molecule has 0 amide bonds.